The molecule has 2 aromatic rings. The first-order chi connectivity index (χ1) is 12.9. The molecule has 2 amide bonds. The molecule has 7 nitrogen and oxygen atoms in total. The first kappa shape index (κ1) is 19.1. The first-order valence-corrected chi connectivity index (χ1v) is 9.22. The van der Waals surface area contributed by atoms with Crippen LogP contribution in [-0.2, 0) is 22.6 Å². The SMILES string of the molecule is Cc1n[nH]c(C)c1CCC(=O)N1CC(=O)N(Cc2ccccc2)CC(O)C1. The minimum atomic E-state index is -0.749. The predicted octanol–water partition coefficient (Wildman–Crippen LogP) is 1.19. The molecule has 27 heavy (non-hydrogen) atoms. The number of H-pyrrole nitrogens is 1. The lowest BCUT2D eigenvalue weighted by Gasteiger charge is -2.22. The number of hydrogen-bond donors (Lipinski definition) is 2. The van der Waals surface area contributed by atoms with Gasteiger partial charge in [0, 0.05) is 31.7 Å². The van der Waals surface area contributed by atoms with Crippen molar-refractivity contribution in [2.75, 3.05) is 19.6 Å². The highest BCUT2D eigenvalue weighted by Crippen LogP contribution is 2.15. The summed E-state index contributed by atoms with van der Waals surface area (Å²) in [6.07, 6.45) is 0.114. The number of aryl methyl sites for hydroxylation is 2. The minimum Gasteiger partial charge on any atom is -0.389 e. The van der Waals surface area contributed by atoms with Crippen molar-refractivity contribution in [3.8, 4) is 0 Å². The largest absolute Gasteiger partial charge is 0.389 e. The third-order valence-electron chi connectivity index (χ3n) is 4.98. The number of rotatable bonds is 5. The topological polar surface area (TPSA) is 89.5 Å². The molecule has 0 bridgehead atoms. The Morgan fingerprint density at radius 3 is 2.67 bits per heavy atom. The lowest BCUT2D eigenvalue weighted by molar-refractivity contribution is -0.139. The summed E-state index contributed by atoms with van der Waals surface area (Å²) in [5.74, 6) is -0.261. The molecule has 1 unspecified atom stereocenters. The lowest BCUT2D eigenvalue weighted by atomic mass is 10.1. The van der Waals surface area contributed by atoms with Crippen molar-refractivity contribution in [2.24, 2.45) is 0 Å². The summed E-state index contributed by atoms with van der Waals surface area (Å²) in [6.45, 7) is 4.69. The second-order valence-corrected chi connectivity index (χ2v) is 7.10. The van der Waals surface area contributed by atoms with Crippen LogP contribution in [0.1, 0.15) is 28.9 Å². The second kappa shape index (κ2) is 8.35. The van der Waals surface area contributed by atoms with Gasteiger partial charge in [0.2, 0.25) is 11.8 Å². The summed E-state index contributed by atoms with van der Waals surface area (Å²) in [4.78, 5) is 28.4. The molecule has 0 aliphatic carbocycles. The number of hydrogen-bond acceptors (Lipinski definition) is 4. The molecule has 1 aliphatic rings. The Morgan fingerprint density at radius 2 is 2.00 bits per heavy atom. The van der Waals surface area contributed by atoms with Crippen LogP contribution in [-0.4, -0.2) is 62.7 Å². The van der Waals surface area contributed by atoms with E-state index in [2.05, 4.69) is 10.2 Å². The monoisotopic (exact) mass is 370 g/mol. The highest BCUT2D eigenvalue weighted by molar-refractivity contribution is 5.85. The molecule has 1 atom stereocenters. The molecule has 7 heteroatoms. The molecule has 1 fully saturated rings. The molecule has 1 saturated heterocycles. The number of carbonyl (C=O) groups is 2. The van der Waals surface area contributed by atoms with E-state index >= 15 is 0 Å². The Kier molecular flexibility index (Phi) is 5.91. The summed E-state index contributed by atoms with van der Waals surface area (Å²) >= 11 is 0. The van der Waals surface area contributed by atoms with E-state index in [1.807, 2.05) is 44.2 Å². The Morgan fingerprint density at radius 1 is 1.26 bits per heavy atom. The number of aromatic amines is 1. The second-order valence-electron chi connectivity index (χ2n) is 7.10. The van der Waals surface area contributed by atoms with Crippen molar-refractivity contribution in [3.63, 3.8) is 0 Å². The smallest absolute Gasteiger partial charge is 0.242 e. The maximum absolute atomic E-state index is 12.6. The van der Waals surface area contributed by atoms with Gasteiger partial charge >= 0.3 is 0 Å². The molecule has 1 aromatic carbocycles. The minimum absolute atomic E-state index is 0.00603. The number of carbonyl (C=O) groups excluding carboxylic acids is 2. The van der Waals surface area contributed by atoms with Gasteiger partial charge in [0.15, 0.2) is 0 Å². The molecular weight excluding hydrogens is 344 g/mol. The zero-order valence-electron chi connectivity index (χ0n) is 15.8. The van der Waals surface area contributed by atoms with Crippen LogP contribution in [0.25, 0.3) is 0 Å². The third-order valence-corrected chi connectivity index (χ3v) is 4.98. The molecule has 2 N–H and O–H groups in total. The van der Waals surface area contributed by atoms with Gasteiger partial charge in [-0.15, -0.1) is 0 Å². The molecular formula is C20H26N4O3. The summed E-state index contributed by atoms with van der Waals surface area (Å²) in [7, 11) is 0. The molecule has 0 saturated carbocycles. The number of benzene rings is 1. The highest BCUT2D eigenvalue weighted by Gasteiger charge is 2.29. The van der Waals surface area contributed by atoms with Crippen LogP contribution in [0.5, 0.6) is 0 Å². The van der Waals surface area contributed by atoms with Gasteiger partial charge in [0.25, 0.3) is 0 Å². The fourth-order valence-electron chi connectivity index (χ4n) is 3.48. The van der Waals surface area contributed by atoms with Crippen molar-refractivity contribution < 1.29 is 14.7 Å². The Labute approximate surface area is 159 Å². The van der Waals surface area contributed by atoms with E-state index in [9.17, 15) is 14.7 Å². The quantitative estimate of drug-likeness (QED) is 0.827. The number of nitrogens with zero attached hydrogens (tertiary/aromatic N) is 3. The van der Waals surface area contributed by atoms with Crippen molar-refractivity contribution in [1.82, 2.24) is 20.0 Å². The number of amides is 2. The predicted molar refractivity (Wildman–Crippen MR) is 101 cm³/mol. The van der Waals surface area contributed by atoms with Crippen molar-refractivity contribution in [2.45, 2.75) is 39.3 Å². The van der Waals surface area contributed by atoms with Gasteiger partial charge in [-0.25, -0.2) is 0 Å². The van der Waals surface area contributed by atoms with E-state index in [0.717, 1.165) is 22.5 Å². The van der Waals surface area contributed by atoms with Crippen molar-refractivity contribution in [3.05, 3.63) is 52.8 Å². The summed E-state index contributed by atoms with van der Waals surface area (Å²) in [5, 5.41) is 17.4. The molecule has 3 rings (SSSR count). The van der Waals surface area contributed by atoms with Crippen LogP contribution in [0.15, 0.2) is 30.3 Å². The van der Waals surface area contributed by atoms with Crippen LogP contribution < -0.4 is 0 Å². The Balaban J connectivity index is 1.62. The van der Waals surface area contributed by atoms with Crippen LogP contribution in [0.4, 0.5) is 0 Å². The standard InChI is InChI=1S/C20H26N4O3/c1-14-18(15(2)22-21-14)8-9-19(26)24-12-17(25)11-23(20(27)13-24)10-16-6-4-3-5-7-16/h3-7,17,25H,8-13H2,1-2H3,(H,21,22). The first-order valence-electron chi connectivity index (χ1n) is 9.22. The highest BCUT2D eigenvalue weighted by atomic mass is 16.3. The van der Waals surface area contributed by atoms with Gasteiger partial charge in [-0.3, -0.25) is 14.7 Å². The van der Waals surface area contributed by atoms with E-state index < -0.39 is 6.10 Å². The zero-order chi connectivity index (χ0) is 19.4. The number of β-amino-alcohol motifs (C(OH)–C–C–N with tert-alkyl or cyclic N) is 1. The Bertz CT molecular complexity index is 783. The molecule has 0 spiro atoms. The average molecular weight is 370 g/mol. The number of aliphatic hydroxyl groups excluding tert-OH is 1. The fourth-order valence-corrected chi connectivity index (χ4v) is 3.48. The van der Waals surface area contributed by atoms with Crippen molar-refractivity contribution in [1.29, 1.82) is 0 Å². The van der Waals surface area contributed by atoms with Gasteiger partial charge in [0.05, 0.1) is 18.3 Å². The van der Waals surface area contributed by atoms with E-state index in [1.165, 1.54) is 4.90 Å². The lowest BCUT2D eigenvalue weighted by Crippen LogP contribution is -2.39. The van der Waals surface area contributed by atoms with Crippen LogP contribution in [0, 0.1) is 13.8 Å². The fraction of sp³-hybridized carbons (Fsp3) is 0.450. The van der Waals surface area contributed by atoms with Crippen LogP contribution >= 0.6 is 0 Å². The molecule has 1 aliphatic heterocycles. The van der Waals surface area contributed by atoms with Gasteiger partial charge in [-0.1, -0.05) is 30.3 Å². The number of nitrogens with one attached hydrogen (secondary N) is 1. The average Bonchev–Trinajstić information content (AvgIpc) is 2.89. The van der Waals surface area contributed by atoms with E-state index in [1.54, 1.807) is 4.90 Å². The van der Waals surface area contributed by atoms with Gasteiger partial charge in [0.1, 0.15) is 0 Å². The Hall–Kier alpha value is -2.67. The molecule has 0 radical (unpaired) electrons. The van der Waals surface area contributed by atoms with Crippen LogP contribution in [0.3, 0.4) is 0 Å². The maximum atomic E-state index is 12.6. The summed E-state index contributed by atoms with van der Waals surface area (Å²) < 4.78 is 0. The number of aromatic nitrogens is 2. The van der Waals surface area contributed by atoms with E-state index in [4.69, 9.17) is 0 Å². The van der Waals surface area contributed by atoms with Gasteiger partial charge < -0.3 is 14.9 Å². The zero-order valence-corrected chi connectivity index (χ0v) is 15.8. The van der Waals surface area contributed by atoms with Crippen molar-refractivity contribution >= 4 is 11.8 Å². The molecule has 2 heterocycles. The normalized spacial score (nSPS) is 17.9. The van der Waals surface area contributed by atoms with E-state index in [0.29, 0.717) is 19.4 Å². The van der Waals surface area contributed by atoms with Crippen LogP contribution in [0.2, 0.25) is 0 Å². The maximum Gasteiger partial charge on any atom is 0.242 e. The third kappa shape index (κ3) is 4.74. The summed E-state index contributed by atoms with van der Waals surface area (Å²) in [5.41, 5.74) is 3.89. The number of aliphatic hydroxyl groups is 1. The molecule has 1 aromatic heterocycles. The summed E-state index contributed by atoms with van der Waals surface area (Å²) in [6, 6.07) is 9.66. The molecule has 144 valence electrons. The van der Waals surface area contributed by atoms with Gasteiger partial charge in [-0.05, 0) is 31.4 Å². The van der Waals surface area contributed by atoms with Gasteiger partial charge in [-0.2, -0.15) is 5.10 Å². The van der Waals surface area contributed by atoms with E-state index in [-0.39, 0.29) is 31.4 Å².